The lowest BCUT2D eigenvalue weighted by atomic mass is 10.0. The Morgan fingerprint density at radius 1 is 0.767 bits per heavy atom. The first-order valence-corrected chi connectivity index (χ1v) is 12.6. The number of benzene rings is 2. The molecule has 2 aliphatic heterocycles. The van der Waals surface area contributed by atoms with Gasteiger partial charge in [-0.3, -0.25) is 0 Å². The van der Waals surface area contributed by atoms with Crippen LogP contribution in [0, 0.1) is 0 Å². The largest absolute Gasteiger partial charge is 0.361 e. The molecule has 0 aliphatic carbocycles. The minimum Gasteiger partial charge on any atom is -0.361 e. The van der Waals surface area contributed by atoms with Crippen LogP contribution in [0.5, 0.6) is 0 Å². The van der Waals surface area contributed by atoms with Crippen LogP contribution < -0.4 is 4.90 Å². The van der Waals surface area contributed by atoms with E-state index in [2.05, 4.69) is 4.90 Å². The normalized spacial score (nSPS) is 21.7. The molecule has 2 fully saturated rings. The van der Waals surface area contributed by atoms with Crippen molar-refractivity contribution in [2.24, 2.45) is 0 Å². The molecule has 0 spiro atoms. The highest BCUT2D eigenvalue weighted by Gasteiger charge is 2.38. The zero-order chi connectivity index (χ0) is 21.3. The van der Waals surface area contributed by atoms with Gasteiger partial charge in [0.1, 0.15) is 0 Å². The van der Waals surface area contributed by atoms with Crippen LogP contribution in [-0.2, 0) is 10.2 Å². The molecule has 1 unspecified atom stereocenters. The third kappa shape index (κ3) is 4.59. The number of anilines is 1. The summed E-state index contributed by atoms with van der Waals surface area (Å²) in [5.74, 6) is 0. The highest BCUT2D eigenvalue weighted by atomic mass is 35.5. The lowest BCUT2D eigenvalue weighted by Crippen LogP contribution is -2.55. The topological polar surface area (TPSA) is 43.9 Å². The standard InChI is InChI=1S/C21H24Cl3N3O2S/c22-17-6-4-16(5-7-17)21-15-26(30(28,29)25-10-2-1-3-11-25)12-13-27(21)20-9-8-18(23)14-19(20)24/h4-9,14,21H,1-3,10-13,15H2. The molecule has 4 rings (SSSR count). The zero-order valence-corrected chi connectivity index (χ0v) is 19.6. The second-order valence-corrected chi connectivity index (χ2v) is 10.9. The molecule has 30 heavy (non-hydrogen) atoms. The van der Waals surface area contributed by atoms with Crippen LogP contribution >= 0.6 is 34.8 Å². The van der Waals surface area contributed by atoms with Crippen molar-refractivity contribution >= 4 is 50.7 Å². The Labute approximate surface area is 193 Å². The average Bonchev–Trinajstić information content (AvgIpc) is 2.75. The van der Waals surface area contributed by atoms with Crippen LogP contribution in [0.4, 0.5) is 5.69 Å². The first-order chi connectivity index (χ1) is 14.4. The Kier molecular flexibility index (Phi) is 6.82. The minimum absolute atomic E-state index is 0.186. The molecule has 162 valence electrons. The number of piperazine rings is 1. The Balaban J connectivity index is 1.67. The molecule has 0 N–H and O–H groups in total. The van der Waals surface area contributed by atoms with Crippen molar-refractivity contribution in [3.63, 3.8) is 0 Å². The number of hydrogen-bond acceptors (Lipinski definition) is 3. The first kappa shape index (κ1) is 22.2. The lowest BCUT2D eigenvalue weighted by Gasteiger charge is -2.44. The Morgan fingerprint density at radius 3 is 2.10 bits per heavy atom. The molecule has 2 heterocycles. The fourth-order valence-electron chi connectivity index (χ4n) is 4.20. The van der Waals surface area contributed by atoms with E-state index < -0.39 is 10.2 Å². The maximum Gasteiger partial charge on any atom is 0.282 e. The van der Waals surface area contributed by atoms with Crippen LogP contribution in [0.25, 0.3) is 0 Å². The monoisotopic (exact) mass is 487 g/mol. The van der Waals surface area contributed by atoms with Crippen LogP contribution in [0.15, 0.2) is 42.5 Å². The Bertz CT molecular complexity index is 995. The summed E-state index contributed by atoms with van der Waals surface area (Å²) in [5, 5.41) is 1.76. The van der Waals surface area contributed by atoms with Gasteiger partial charge in [0.25, 0.3) is 10.2 Å². The summed E-state index contributed by atoms with van der Waals surface area (Å²) in [6.45, 7) is 2.47. The molecule has 2 aromatic carbocycles. The molecular weight excluding hydrogens is 465 g/mol. The van der Waals surface area contributed by atoms with E-state index in [1.807, 2.05) is 30.3 Å². The van der Waals surface area contributed by atoms with E-state index in [-0.39, 0.29) is 6.04 Å². The van der Waals surface area contributed by atoms with E-state index in [4.69, 9.17) is 34.8 Å². The van der Waals surface area contributed by atoms with Crippen LogP contribution in [-0.4, -0.2) is 49.8 Å². The maximum atomic E-state index is 13.3. The number of nitrogens with zero attached hydrogens (tertiary/aromatic N) is 3. The molecule has 5 nitrogen and oxygen atoms in total. The van der Waals surface area contributed by atoms with Crippen molar-refractivity contribution in [3.8, 4) is 0 Å². The number of halogens is 3. The van der Waals surface area contributed by atoms with E-state index >= 15 is 0 Å². The van der Waals surface area contributed by atoms with Gasteiger partial charge in [-0.15, -0.1) is 0 Å². The zero-order valence-electron chi connectivity index (χ0n) is 16.5. The summed E-state index contributed by atoms with van der Waals surface area (Å²) in [6, 6.07) is 12.8. The average molecular weight is 489 g/mol. The van der Waals surface area contributed by atoms with Crippen LogP contribution in [0.1, 0.15) is 30.9 Å². The van der Waals surface area contributed by atoms with E-state index in [1.165, 1.54) is 0 Å². The molecule has 0 aromatic heterocycles. The molecular formula is C21H24Cl3N3O2S. The predicted octanol–water partition coefficient (Wildman–Crippen LogP) is 5.24. The molecule has 0 saturated carbocycles. The molecule has 1 atom stereocenters. The highest BCUT2D eigenvalue weighted by molar-refractivity contribution is 7.86. The van der Waals surface area contributed by atoms with Gasteiger partial charge in [-0.1, -0.05) is 53.4 Å². The van der Waals surface area contributed by atoms with E-state index in [9.17, 15) is 8.42 Å². The minimum atomic E-state index is -3.50. The lowest BCUT2D eigenvalue weighted by molar-refractivity contribution is 0.278. The molecule has 0 bridgehead atoms. The smallest absolute Gasteiger partial charge is 0.282 e. The van der Waals surface area contributed by atoms with Crippen molar-refractivity contribution in [1.82, 2.24) is 8.61 Å². The van der Waals surface area contributed by atoms with Crippen molar-refractivity contribution < 1.29 is 8.42 Å². The summed E-state index contributed by atoms with van der Waals surface area (Å²) >= 11 is 18.7. The van der Waals surface area contributed by atoms with Gasteiger partial charge in [0.15, 0.2) is 0 Å². The first-order valence-electron chi connectivity index (χ1n) is 10.1. The van der Waals surface area contributed by atoms with Gasteiger partial charge in [-0.2, -0.15) is 17.0 Å². The SMILES string of the molecule is O=S(=O)(N1CCCCC1)N1CCN(c2ccc(Cl)cc2Cl)C(c2ccc(Cl)cc2)C1. The summed E-state index contributed by atoms with van der Waals surface area (Å²) < 4.78 is 29.8. The summed E-state index contributed by atoms with van der Waals surface area (Å²) in [6.07, 6.45) is 2.92. The van der Waals surface area contributed by atoms with E-state index in [1.54, 1.807) is 20.7 Å². The third-order valence-corrected chi connectivity index (χ3v) is 8.58. The summed E-state index contributed by atoms with van der Waals surface area (Å²) in [4.78, 5) is 2.16. The van der Waals surface area contributed by atoms with Gasteiger partial charge in [-0.05, 0) is 48.7 Å². The molecule has 2 aromatic rings. The van der Waals surface area contributed by atoms with Crippen molar-refractivity contribution in [3.05, 3.63) is 63.1 Å². The van der Waals surface area contributed by atoms with Gasteiger partial charge >= 0.3 is 0 Å². The molecule has 0 amide bonds. The van der Waals surface area contributed by atoms with Gasteiger partial charge in [0.2, 0.25) is 0 Å². The van der Waals surface area contributed by atoms with Gasteiger partial charge in [-0.25, -0.2) is 0 Å². The van der Waals surface area contributed by atoms with Crippen molar-refractivity contribution in [2.45, 2.75) is 25.3 Å². The third-order valence-electron chi connectivity index (χ3n) is 5.78. The maximum absolute atomic E-state index is 13.3. The summed E-state index contributed by atoms with van der Waals surface area (Å²) in [7, 11) is -3.50. The fourth-order valence-corrected chi connectivity index (χ4v) is 6.53. The predicted molar refractivity (Wildman–Crippen MR) is 124 cm³/mol. The quantitative estimate of drug-likeness (QED) is 0.591. The van der Waals surface area contributed by atoms with Gasteiger partial charge in [0.05, 0.1) is 16.8 Å². The molecule has 2 saturated heterocycles. The van der Waals surface area contributed by atoms with Gasteiger partial charge < -0.3 is 4.90 Å². The molecule has 2 aliphatic rings. The second-order valence-electron chi connectivity index (χ2n) is 7.68. The van der Waals surface area contributed by atoms with E-state index in [0.717, 1.165) is 30.5 Å². The number of piperidine rings is 1. The van der Waals surface area contributed by atoms with Gasteiger partial charge in [0, 0.05) is 42.8 Å². The number of hydrogen-bond donors (Lipinski definition) is 0. The van der Waals surface area contributed by atoms with Crippen LogP contribution in [0.2, 0.25) is 15.1 Å². The molecule has 0 radical (unpaired) electrons. The second kappa shape index (κ2) is 9.23. The van der Waals surface area contributed by atoms with Crippen molar-refractivity contribution in [2.75, 3.05) is 37.6 Å². The Hall–Kier alpha value is -1.02. The highest BCUT2D eigenvalue weighted by Crippen LogP contribution is 2.37. The number of rotatable bonds is 4. The Morgan fingerprint density at radius 2 is 1.43 bits per heavy atom. The summed E-state index contributed by atoms with van der Waals surface area (Å²) in [5.41, 5.74) is 1.83. The molecule has 9 heteroatoms. The van der Waals surface area contributed by atoms with Crippen molar-refractivity contribution in [1.29, 1.82) is 0 Å². The van der Waals surface area contributed by atoms with E-state index in [0.29, 0.717) is 47.8 Å². The fraction of sp³-hybridized carbons (Fsp3) is 0.429. The van der Waals surface area contributed by atoms with Crippen LogP contribution in [0.3, 0.4) is 0 Å².